The van der Waals surface area contributed by atoms with Gasteiger partial charge in [0.25, 0.3) is 5.91 Å². The average Bonchev–Trinajstić information content (AvgIpc) is 3.32. The molecule has 5 aromatic rings. The van der Waals surface area contributed by atoms with Gasteiger partial charge in [0.15, 0.2) is 0 Å². The maximum absolute atomic E-state index is 13.1. The van der Waals surface area contributed by atoms with Gasteiger partial charge in [-0.3, -0.25) is 4.79 Å². The first-order valence-electron chi connectivity index (χ1n) is 10.0. The third-order valence-corrected chi connectivity index (χ3v) is 5.97. The fourth-order valence-corrected chi connectivity index (χ4v) is 4.31. The van der Waals surface area contributed by atoms with Gasteiger partial charge in [0, 0.05) is 21.9 Å². The maximum Gasteiger partial charge on any atom is 0.252 e. The second-order valence-corrected chi connectivity index (χ2v) is 7.99. The molecule has 0 saturated carbocycles. The number of nitrogens with one attached hydrogen (secondary N) is 1. The van der Waals surface area contributed by atoms with Gasteiger partial charge >= 0.3 is 0 Å². The number of carbonyl (C=O) groups is 1. The van der Waals surface area contributed by atoms with Crippen molar-refractivity contribution < 1.29 is 4.79 Å². The number of para-hydroxylation sites is 1. The molecule has 0 radical (unpaired) electrons. The normalized spacial score (nSPS) is 10.8. The van der Waals surface area contributed by atoms with Gasteiger partial charge < -0.3 is 5.32 Å². The molecule has 0 aliphatic heterocycles. The van der Waals surface area contributed by atoms with Crippen LogP contribution in [-0.2, 0) is 6.54 Å². The van der Waals surface area contributed by atoms with Crippen molar-refractivity contribution in [2.75, 3.05) is 0 Å². The van der Waals surface area contributed by atoms with Crippen molar-refractivity contribution in [1.82, 2.24) is 15.3 Å². The average molecular weight is 422 g/mol. The highest BCUT2D eigenvalue weighted by Crippen LogP contribution is 2.26. The van der Waals surface area contributed by atoms with E-state index in [1.807, 2.05) is 96.4 Å². The lowest BCUT2D eigenvalue weighted by atomic mass is 10.0. The van der Waals surface area contributed by atoms with E-state index in [1.54, 1.807) is 11.3 Å². The van der Waals surface area contributed by atoms with Gasteiger partial charge in [-0.05, 0) is 12.1 Å². The number of carbonyl (C=O) groups excluding carboxylic acids is 1. The number of nitrogens with zero attached hydrogens (tertiary/aromatic N) is 2. The number of hydrogen-bond acceptors (Lipinski definition) is 4. The summed E-state index contributed by atoms with van der Waals surface area (Å²) in [4.78, 5) is 22.5. The van der Waals surface area contributed by atoms with E-state index in [4.69, 9.17) is 4.98 Å². The summed E-state index contributed by atoms with van der Waals surface area (Å²) in [7, 11) is 0. The predicted molar refractivity (Wildman–Crippen MR) is 126 cm³/mol. The van der Waals surface area contributed by atoms with Gasteiger partial charge in [-0.1, -0.05) is 78.9 Å². The Morgan fingerprint density at radius 1 is 0.806 bits per heavy atom. The number of benzene rings is 3. The van der Waals surface area contributed by atoms with Crippen LogP contribution in [0.3, 0.4) is 0 Å². The maximum atomic E-state index is 13.1. The van der Waals surface area contributed by atoms with Crippen molar-refractivity contribution in [2.45, 2.75) is 6.54 Å². The van der Waals surface area contributed by atoms with Gasteiger partial charge in [-0.15, -0.1) is 11.3 Å². The molecule has 0 aliphatic carbocycles. The summed E-state index contributed by atoms with van der Waals surface area (Å²) in [6.07, 6.45) is 0. The molecule has 3 aromatic carbocycles. The summed E-state index contributed by atoms with van der Waals surface area (Å²) in [5.74, 6) is -0.134. The highest BCUT2D eigenvalue weighted by Gasteiger charge is 2.14. The van der Waals surface area contributed by atoms with E-state index in [9.17, 15) is 4.79 Å². The molecule has 31 heavy (non-hydrogen) atoms. The lowest BCUT2D eigenvalue weighted by Crippen LogP contribution is -2.23. The highest BCUT2D eigenvalue weighted by atomic mass is 32.1. The lowest BCUT2D eigenvalue weighted by molar-refractivity contribution is 0.0952. The van der Waals surface area contributed by atoms with Crippen LogP contribution in [0.25, 0.3) is 32.7 Å². The van der Waals surface area contributed by atoms with E-state index in [2.05, 4.69) is 10.3 Å². The van der Waals surface area contributed by atoms with E-state index >= 15 is 0 Å². The minimum Gasteiger partial charge on any atom is -0.346 e. The van der Waals surface area contributed by atoms with Crippen molar-refractivity contribution in [1.29, 1.82) is 0 Å². The summed E-state index contributed by atoms with van der Waals surface area (Å²) >= 11 is 1.58. The Balaban J connectivity index is 1.41. The molecule has 0 spiro atoms. The Kier molecular flexibility index (Phi) is 5.25. The van der Waals surface area contributed by atoms with Crippen molar-refractivity contribution >= 4 is 28.1 Å². The van der Waals surface area contributed by atoms with Crippen LogP contribution in [0.1, 0.15) is 16.1 Å². The molecule has 0 aliphatic rings. The molecule has 150 valence electrons. The van der Waals surface area contributed by atoms with Crippen LogP contribution in [0.2, 0.25) is 0 Å². The van der Waals surface area contributed by atoms with Crippen LogP contribution in [0, 0.1) is 0 Å². The first-order chi connectivity index (χ1) is 15.3. The smallest absolute Gasteiger partial charge is 0.252 e. The van der Waals surface area contributed by atoms with Gasteiger partial charge in [0.05, 0.1) is 29.0 Å². The molecule has 0 saturated heterocycles. The zero-order chi connectivity index (χ0) is 21.0. The third kappa shape index (κ3) is 4.09. The van der Waals surface area contributed by atoms with Crippen LogP contribution in [-0.4, -0.2) is 15.9 Å². The fourth-order valence-electron chi connectivity index (χ4n) is 3.49. The highest BCUT2D eigenvalue weighted by molar-refractivity contribution is 7.13. The van der Waals surface area contributed by atoms with Gasteiger partial charge in [-0.25, -0.2) is 9.97 Å². The second kappa shape index (κ2) is 8.50. The molecule has 1 N–H and O–H groups in total. The Labute approximate surface area is 184 Å². The minimum atomic E-state index is -0.134. The molecule has 5 heteroatoms. The van der Waals surface area contributed by atoms with E-state index in [0.717, 1.165) is 38.4 Å². The topological polar surface area (TPSA) is 54.9 Å². The van der Waals surface area contributed by atoms with E-state index in [-0.39, 0.29) is 5.91 Å². The third-order valence-electron chi connectivity index (χ3n) is 5.03. The summed E-state index contributed by atoms with van der Waals surface area (Å²) < 4.78 is 0. The van der Waals surface area contributed by atoms with Crippen LogP contribution in [0.15, 0.2) is 96.4 Å². The Bertz CT molecular complexity index is 1350. The van der Waals surface area contributed by atoms with E-state index in [0.29, 0.717) is 12.1 Å². The number of fused-ring (bicyclic) bond motifs is 1. The summed E-state index contributed by atoms with van der Waals surface area (Å²) in [6, 6.07) is 29.6. The number of aromatic nitrogens is 2. The summed E-state index contributed by atoms with van der Waals surface area (Å²) in [5, 5.41) is 6.80. The molecular weight excluding hydrogens is 402 g/mol. The van der Waals surface area contributed by atoms with Crippen LogP contribution in [0.5, 0.6) is 0 Å². The molecule has 5 rings (SSSR count). The first-order valence-corrected chi connectivity index (χ1v) is 10.9. The second-order valence-electron chi connectivity index (χ2n) is 7.13. The first kappa shape index (κ1) is 19.2. The Hall–Kier alpha value is -3.83. The van der Waals surface area contributed by atoms with Crippen molar-refractivity contribution in [3.8, 4) is 21.8 Å². The zero-order valence-electron chi connectivity index (χ0n) is 16.7. The van der Waals surface area contributed by atoms with Crippen molar-refractivity contribution in [3.05, 3.63) is 108 Å². The fraction of sp³-hybridized carbons (Fsp3) is 0.0385. The summed E-state index contributed by atoms with van der Waals surface area (Å²) in [6.45, 7) is 0.374. The van der Waals surface area contributed by atoms with Crippen LogP contribution < -0.4 is 5.32 Å². The standard InChI is InChI=1S/C26H19N3OS/c30-25(27-16-20-17-31-26(28-20)19-11-5-2-6-12-19)22-15-24(18-9-3-1-4-10-18)29-23-14-8-7-13-21(22)23/h1-15,17H,16H2,(H,27,30). The monoisotopic (exact) mass is 421 g/mol. The quantitative estimate of drug-likeness (QED) is 0.381. The predicted octanol–water partition coefficient (Wildman–Crippen LogP) is 5.96. The van der Waals surface area contributed by atoms with Gasteiger partial charge in [0.1, 0.15) is 5.01 Å². The molecule has 2 aromatic heterocycles. The lowest BCUT2D eigenvalue weighted by Gasteiger charge is -2.10. The number of amides is 1. The number of hydrogen-bond donors (Lipinski definition) is 1. The van der Waals surface area contributed by atoms with Crippen molar-refractivity contribution in [3.63, 3.8) is 0 Å². The molecule has 0 atom stereocenters. The SMILES string of the molecule is O=C(NCc1csc(-c2ccccc2)n1)c1cc(-c2ccccc2)nc2ccccc12. The van der Waals surface area contributed by atoms with Gasteiger partial charge in [0.2, 0.25) is 0 Å². The zero-order valence-corrected chi connectivity index (χ0v) is 17.5. The number of thiazole rings is 1. The molecule has 2 heterocycles. The molecule has 1 amide bonds. The van der Waals surface area contributed by atoms with Crippen LogP contribution in [0.4, 0.5) is 0 Å². The van der Waals surface area contributed by atoms with E-state index < -0.39 is 0 Å². The van der Waals surface area contributed by atoms with Gasteiger partial charge in [-0.2, -0.15) is 0 Å². The summed E-state index contributed by atoms with van der Waals surface area (Å²) in [5.41, 5.74) is 5.10. The Morgan fingerprint density at radius 2 is 1.48 bits per heavy atom. The number of rotatable bonds is 5. The number of pyridine rings is 1. The minimum absolute atomic E-state index is 0.134. The molecule has 0 unspecified atom stereocenters. The van der Waals surface area contributed by atoms with E-state index in [1.165, 1.54) is 0 Å². The molecule has 4 nitrogen and oxygen atoms in total. The largest absolute Gasteiger partial charge is 0.346 e. The molecule has 0 bridgehead atoms. The molecular formula is C26H19N3OS. The van der Waals surface area contributed by atoms with Crippen molar-refractivity contribution in [2.24, 2.45) is 0 Å². The van der Waals surface area contributed by atoms with Crippen LogP contribution >= 0.6 is 11.3 Å². The Morgan fingerprint density at radius 3 is 2.26 bits per heavy atom. The molecule has 0 fully saturated rings.